The highest BCUT2D eigenvalue weighted by Gasteiger charge is 2.09. The van der Waals surface area contributed by atoms with Crippen LogP contribution in [-0.2, 0) is 0 Å². The normalized spacial score (nSPS) is 10.0. The van der Waals surface area contributed by atoms with Gasteiger partial charge in [0.1, 0.15) is 10.4 Å². The third-order valence-electron chi connectivity index (χ3n) is 2.42. The summed E-state index contributed by atoms with van der Waals surface area (Å²) in [5.41, 5.74) is 1.15. The minimum Gasteiger partial charge on any atom is -0.492 e. The number of halogens is 1. The molecule has 1 aromatic heterocycles. The van der Waals surface area contributed by atoms with Crippen LogP contribution in [0.2, 0.25) is 0 Å². The first-order valence-electron chi connectivity index (χ1n) is 5.85. The number of carbonyl (C=O) groups excluding carboxylic acids is 1. The molecule has 0 saturated carbocycles. The summed E-state index contributed by atoms with van der Waals surface area (Å²) in [5, 5.41) is 2.81. The van der Waals surface area contributed by atoms with E-state index in [1.807, 2.05) is 25.1 Å². The summed E-state index contributed by atoms with van der Waals surface area (Å²) in [5.74, 6) is 0.440. The van der Waals surface area contributed by atoms with Gasteiger partial charge >= 0.3 is 0 Å². The summed E-state index contributed by atoms with van der Waals surface area (Å²) in [7, 11) is 0. The molecule has 98 valence electrons. The second kappa shape index (κ2) is 6.33. The van der Waals surface area contributed by atoms with Gasteiger partial charge in [-0.25, -0.2) is 4.98 Å². The van der Waals surface area contributed by atoms with E-state index in [-0.39, 0.29) is 5.91 Å². The number of aromatic nitrogens is 1. The maximum absolute atomic E-state index is 12.1. The molecule has 2 rings (SSSR count). The molecule has 2 aromatic rings. The Hall–Kier alpha value is -1.88. The fraction of sp³-hybridized carbons (Fsp3) is 0.143. The smallest absolute Gasteiger partial charge is 0.257 e. The van der Waals surface area contributed by atoms with Crippen molar-refractivity contribution in [1.82, 2.24) is 4.98 Å². The van der Waals surface area contributed by atoms with Gasteiger partial charge in [-0.15, -0.1) is 0 Å². The molecule has 1 N–H and O–H groups in total. The summed E-state index contributed by atoms with van der Waals surface area (Å²) in [6.07, 6.45) is 1.52. The van der Waals surface area contributed by atoms with E-state index < -0.39 is 0 Å². The standard InChI is InChI=1S/C14H13BrN2O2/c1-2-19-12-6-4-3-5-11(12)17-14(18)10-7-8-13(15)16-9-10/h3-9H,2H2,1H3,(H,17,18). The van der Waals surface area contributed by atoms with Gasteiger partial charge in [0.2, 0.25) is 0 Å². The van der Waals surface area contributed by atoms with Crippen molar-refractivity contribution in [2.45, 2.75) is 6.92 Å². The van der Waals surface area contributed by atoms with Gasteiger partial charge in [0.25, 0.3) is 5.91 Å². The van der Waals surface area contributed by atoms with Crippen LogP contribution in [0.1, 0.15) is 17.3 Å². The Morgan fingerprint density at radius 2 is 2.11 bits per heavy atom. The van der Waals surface area contributed by atoms with Crippen molar-refractivity contribution in [2.24, 2.45) is 0 Å². The summed E-state index contributed by atoms with van der Waals surface area (Å²) in [4.78, 5) is 16.1. The Morgan fingerprint density at radius 3 is 2.79 bits per heavy atom. The highest BCUT2D eigenvalue weighted by Crippen LogP contribution is 2.24. The molecule has 0 spiro atoms. The van der Waals surface area contributed by atoms with Crippen molar-refractivity contribution < 1.29 is 9.53 Å². The number of hydrogen-bond acceptors (Lipinski definition) is 3. The fourth-order valence-electron chi connectivity index (χ4n) is 1.56. The van der Waals surface area contributed by atoms with Crippen LogP contribution in [0.3, 0.4) is 0 Å². The van der Waals surface area contributed by atoms with Crippen LogP contribution in [0.4, 0.5) is 5.69 Å². The van der Waals surface area contributed by atoms with Gasteiger partial charge in [-0.3, -0.25) is 4.79 Å². The van der Waals surface area contributed by atoms with E-state index in [4.69, 9.17) is 4.74 Å². The zero-order valence-electron chi connectivity index (χ0n) is 10.4. The molecule has 0 aliphatic rings. The number of nitrogens with one attached hydrogen (secondary N) is 1. The summed E-state index contributed by atoms with van der Waals surface area (Å²) >= 11 is 3.23. The molecular formula is C14H13BrN2O2. The van der Waals surface area contributed by atoms with Gasteiger partial charge in [-0.2, -0.15) is 0 Å². The van der Waals surface area contributed by atoms with Crippen molar-refractivity contribution in [3.63, 3.8) is 0 Å². The molecular weight excluding hydrogens is 308 g/mol. The number of hydrogen-bond donors (Lipinski definition) is 1. The van der Waals surface area contributed by atoms with E-state index in [9.17, 15) is 4.79 Å². The second-order valence-electron chi connectivity index (χ2n) is 3.75. The fourth-order valence-corrected chi connectivity index (χ4v) is 1.79. The molecule has 0 aliphatic heterocycles. The summed E-state index contributed by atoms with van der Waals surface area (Å²) in [6.45, 7) is 2.45. The van der Waals surface area contributed by atoms with Crippen LogP contribution in [0.25, 0.3) is 0 Å². The second-order valence-corrected chi connectivity index (χ2v) is 4.57. The zero-order chi connectivity index (χ0) is 13.7. The van der Waals surface area contributed by atoms with E-state index >= 15 is 0 Å². The largest absolute Gasteiger partial charge is 0.492 e. The Bertz CT molecular complexity index is 570. The average molecular weight is 321 g/mol. The lowest BCUT2D eigenvalue weighted by atomic mass is 10.2. The Morgan fingerprint density at radius 1 is 1.32 bits per heavy atom. The lowest BCUT2D eigenvalue weighted by Gasteiger charge is -2.11. The molecule has 4 nitrogen and oxygen atoms in total. The van der Waals surface area contributed by atoms with Gasteiger partial charge in [0.05, 0.1) is 17.9 Å². The van der Waals surface area contributed by atoms with Crippen molar-refractivity contribution in [1.29, 1.82) is 0 Å². The highest BCUT2D eigenvalue weighted by molar-refractivity contribution is 9.10. The number of benzene rings is 1. The number of rotatable bonds is 4. The monoisotopic (exact) mass is 320 g/mol. The maximum atomic E-state index is 12.1. The topological polar surface area (TPSA) is 51.2 Å². The highest BCUT2D eigenvalue weighted by atomic mass is 79.9. The molecule has 0 radical (unpaired) electrons. The van der Waals surface area contributed by atoms with Crippen LogP contribution < -0.4 is 10.1 Å². The van der Waals surface area contributed by atoms with Crippen molar-refractivity contribution in [3.05, 3.63) is 52.8 Å². The van der Waals surface area contributed by atoms with E-state index in [1.54, 1.807) is 18.2 Å². The van der Waals surface area contributed by atoms with E-state index in [0.29, 0.717) is 28.2 Å². The van der Waals surface area contributed by atoms with E-state index in [0.717, 1.165) is 0 Å². The molecule has 0 atom stereocenters. The minimum absolute atomic E-state index is 0.216. The van der Waals surface area contributed by atoms with Crippen molar-refractivity contribution >= 4 is 27.5 Å². The molecule has 0 aliphatic carbocycles. The third-order valence-corrected chi connectivity index (χ3v) is 2.89. The van der Waals surface area contributed by atoms with E-state index in [1.165, 1.54) is 6.20 Å². The molecule has 5 heteroatoms. The Balaban J connectivity index is 2.16. The predicted molar refractivity (Wildman–Crippen MR) is 77.5 cm³/mol. The first-order valence-corrected chi connectivity index (χ1v) is 6.64. The van der Waals surface area contributed by atoms with Crippen LogP contribution in [0.5, 0.6) is 5.75 Å². The van der Waals surface area contributed by atoms with Crippen LogP contribution in [0, 0.1) is 0 Å². The lowest BCUT2D eigenvalue weighted by molar-refractivity contribution is 0.102. The van der Waals surface area contributed by atoms with Crippen molar-refractivity contribution in [2.75, 3.05) is 11.9 Å². The number of ether oxygens (including phenoxy) is 1. The molecule has 0 saturated heterocycles. The molecule has 1 heterocycles. The van der Waals surface area contributed by atoms with Gasteiger partial charge in [0, 0.05) is 6.20 Å². The number of amides is 1. The van der Waals surface area contributed by atoms with Gasteiger partial charge in [-0.05, 0) is 47.1 Å². The predicted octanol–water partition coefficient (Wildman–Crippen LogP) is 3.50. The molecule has 0 bridgehead atoms. The molecule has 0 fully saturated rings. The number of para-hydroxylation sites is 2. The number of anilines is 1. The van der Waals surface area contributed by atoms with Crippen molar-refractivity contribution in [3.8, 4) is 5.75 Å². The molecule has 1 amide bonds. The van der Waals surface area contributed by atoms with Gasteiger partial charge in [-0.1, -0.05) is 12.1 Å². The van der Waals surface area contributed by atoms with Crippen LogP contribution in [-0.4, -0.2) is 17.5 Å². The quantitative estimate of drug-likeness (QED) is 0.877. The number of nitrogens with zero attached hydrogens (tertiary/aromatic N) is 1. The van der Waals surface area contributed by atoms with Gasteiger partial charge < -0.3 is 10.1 Å². The molecule has 1 aromatic carbocycles. The molecule has 0 unspecified atom stereocenters. The first-order chi connectivity index (χ1) is 9.20. The maximum Gasteiger partial charge on any atom is 0.257 e. The minimum atomic E-state index is -0.216. The number of carbonyl (C=O) groups is 1. The van der Waals surface area contributed by atoms with Gasteiger partial charge in [0.15, 0.2) is 0 Å². The van der Waals surface area contributed by atoms with Crippen LogP contribution >= 0.6 is 15.9 Å². The SMILES string of the molecule is CCOc1ccccc1NC(=O)c1ccc(Br)nc1. The Labute approximate surface area is 119 Å². The Kier molecular flexibility index (Phi) is 4.52. The van der Waals surface area contributed by atoms with E-state index in [2.05, 4.69) is 26.2 Å². The average Bonchev–Trinajstić information content (AvgIpc) is 2.42. The first kappa shape index (κ1) is 13.5. The third kappa shape index (κ3) is 3.54. The zero-order valence-corrected chi connectivity index (χ0v) is 12.0. The number of pyridine rings is 1. The summed E-state index contributed by atoms with van der Waals surface area (Å²) in [6, 6.07) is 10.8. The molecule has 19 heavy (non-hydrogen) atoms. The summed E-state index contributed by atoms with van der Waals surface area (Å²) < 4.78 is 6.15. The lowest BCUT2D eigenvalue weighted by Crippen LogP contribution is -2.13. The van der Waals surface area contributed by atoms with Crippen LogP contribution in [0.15, 0.2) is 47.2 Å².